The van der Waals surface area contributed by atoms with E-state index >= 15 is 0 Å². The Morgan fingerprint density at radius 2 is 2.06 bits per heavy atom. The van der Waals surface area contributed by atoms with Crippen LogP contribution in [0.25, 0.3) is 10.9 Å². The maximum atomic E-state index is 13.9. The zero-order valence-electron chi connectivity index (χ0n) is 11.0. The summed E-state index contributed by atoms with van der Waals surface area (Å²) in [5.74, 6) is 1.02. The first-order valence-electron chi connectivity index (χ1n) is 6.20. The molecule has 0 bridgehead atoms. The highest BCUT2D eigenvalue weighted by Crippen LogP contribution is 2.25. The van der Waals surface area contributed by atoms with Gasteiger partial charge in [-0.1, -0.05) is 19.9 Å². The van der Waals surface area contributed by atoms with Crippen molar-refractivity contribution in [1.82, 2.24) is 9.97 Å². The van der Waals surface area contributed by atoms with E-state index in [1.807, 2.05) is 11.9 Å². The van der Waals surface area contributed by atoms with Crippen LogP contribution in [0, 0.1) is 11.7 Å². The van der Waals surface area contributed by atoms with Crippen LogP contribution in [0.4, 0.5) is 10.2 Å². The molecule has 0 saturated carbocycles. The molecule has 0 atom stereocenters. The molecule has 1 aromatic carbocycles. The van der Waals surface area contributed by atoms with E-state index in [0.29, 0.717) is 22.6 Å². The highest BCUT2D eigenvalue weighted by Gasteiger charge is 2.12. The number of fused-ring (bicyclic) bond motifs is 1. The fourth-order valence-corrected chi connectivity index (χ4v) is 1.90. The fraction of sp³-hybridized carbons (Fsp3) is 0.429. The molecule has 4 heteroatoms. The average Bonchev–Trinajstić information content (AvgIpc) is 2.35. The second kappa shape index (κ2) is 5.29. The topological polar surface area (TPSA) is 29.0 Å². The van der Waals surface area contributed by atoms with Crippen LogP contribution in [0.1, 0.15) is 20.3 Å². The predicted molar refractivity (Wildman–Crippen MR) is 72.2 cm³/mol. The largest absolute Gasteiger partial charge is 0.359 e. The minimum atomic E-state index is -0.264. The number of hydrogen-bond donors (Lipinski definition) is 0. The molecule has 0 fully saturated rings. The Morgan fingerprint density at radius 3 is 2.78 bits per heavy atom. The number of benzene rings is 1. The lowest BCUT2D eigenvalue weighted by atomic mass is 10.1. The number of nitrogens with zero attached hydrogens (tertiary/aromatic N) is 3. The summed E-state index contributed by atoms with van der Waals surface area (Å²) < 4.78 is 13.9. The van der Waals surface area contributed by atoms with E-state index in [2.05, 4.69) is 23.8 Å². The van der Waals surface area contributed by atoms with Gasteiger partial charge in [0.25, 0.3) is 0 Å². The molecule has 0 radical (unpaired) electrons. The molecule has 96 valence electrons. The van der Waals surface area contributed by atoms with Crippen molar-refractivity contribution in [3.63, 3.8) is 0 Å². The minimum absolute atomic E-state index is 0.264. The highest BCUT2D eigenvalue weighted by molar-refractivity contribution is 5.89. The molecule has 0 spiro atoms. The molecule has 0 aliphatic rings. The van der Waals surface area contributed by atoms with Crippen molar-refractivity contribution in [3.05, 3.63) is 30.3 Å². The van der Waals surface area contributed by atoms with Gasteiger partial charge in [0.15, 0.2) is 0 Å². The predicted octanol–water partition coefficient (Wildman–Crippen LogP) is 3.25. The monoisotopic (exact) mass is 247 g/mol. The van der Waals surface area contributed by atoms with E-state index in [1.54, 1.807) is 12.1 Å². The maximum Gasteiger partial charge on any atom is 0.142 e. The zero-order valence-corrected chi connectivity index (χ0v) is 11.0. The number of anilines is 1. The Kier molecular flexibility index (Phi) is 3.75. The molecule has 0 aliphatic heterocycles. The lowest BCUT2D eigenvalue weighted by molar-refractivity contribution is 0.583. The van der Waals surface area contributed by atoms with Gasteiger partial charge in [0.2, 0.25) is 0 Å². The Morgan fingerprint density at radius 1 is 1.28 bits per heavy atom. The molecule has 0 N–H and O–H groups in total. The summed E-state index contributed by atoms with van der Waals surface area (Å²) in [5, 5.41) is 0.506. The Bertz CT molecular complexity index is 534. The molecule has 2 rings (SSSR count). The van der Waals surface area contributed by atoms with Crippen LogP contribution in [0.15, 0.2) is 24.5 Å². The molecule has 1 aromatic heterocycles. The zero-order chi connectivity index (χ0) is 13.1. The van der Waals surface area contributed by atoms with Crippen molar-refractivity contribution in [2.45, 2.75) is 20.3 Å². The number of aromatic nitrogens is 2. The van der Waals surface area contributed by atoms with Gasteiger partial charge in [-0.2, -0.15) is 0 Å². The second-order valence-corrected chi connectivity index (χ2v) is 4.94. The lowest BCUT2D eigenvalue weighted by Gasteiger charge is -2.20. The van der Waals surface area contributed by atoms with E-state index in [4.69, 9.17) is 0 Å². The van der Waals surface area contributed by atoms with Gasteiger partial charge in [-0.15, -0.1) is 0 Å². The van der Waals surface area contributed by atoms with E-state index in [-0.39, 0.29) is 5.82 Å². The van der Waals surface area contributed by atoms with Crippen molar-refractivity contribution in [1.29, 1.82) is 0 Å². The van der Waals surface area contributed by atoms with Gasteiger partial charge in [0, 0.05) is 13.6 Å². The van der Waals surface area contributed by atoms with Crippen LogP contribution in [0.3, 0.4) is 0 Å². The molecule has 0 amide bonds. The lowest BCUT2D eigenvalue weighted by Crippen LogP contribution is -2.21. The molecular weight excluding hydrogens is 229 g/mol. The van der Waals surface area contributed by atoms with Gasteiger partial charge >= 0.3 is 0 Å². The standard InChI is InChI=1S/C14H18FN3/c1-10(2)7-8-18(3)14-13-11(15)5-4-6-12(13)16-9-17-14/h4-6,9-10H,7-8H2,1-3H3. The summed E-state index contributed by atoms with van der Waals surface area (Å²) in [5.41, 5.74) is 0.649. The van der Waals surface area contributed by atoms with Gasteiger partial charge in [-0.25, -0.2) is 14.4 Å². The van der Waals surface area contributed by atoms with Crippen LogP contribution >= 0.6 is 0 Å². The molecule has 0 saturated heterocycles. The summed E-state index contributed by atoms with van der Waals surface area (Å²) in [4.78, 5) is 10.3. The smallest absolute Gasteiger partial charge is 0.142 e. The summed E-state index contributed by atoms with van der Waals surface area (Å²) >= 11 is 0. The number of hydrogen-bond acceptors (Lipinski definition) is 3. The van der Waals surface area contributed by atoms with Crippen molar-refractivity contribution in [2.24, 2.45) is 5.92 Å². The number of halogens is 1. The fourth-order valence-electron chi connectivity index (χ4n) is 1.90. The summed E-state index contributed by atoms with van der Waals surface area (Å²) in [6.45, 7) is 5.21. The Hall–Kier alpha value is -1.71. The van der Waals surface area contributed by atoms with Crippen molar-refractivity contribution in [3.8, 4) is 0 Å². The second-order valence-electron chi connectivity index (χ2n) is 4.94. The minimum Gasteiger partial charge on any atom is -0.359 e. The van der Waals surface area contributed by atoms with E-state index in [1.165, 1.54) is 12.4 Å². The molecular formula is C14H18FN3. The van der Waals surface area contributed by atoms with E-state index < -0.39 is 0 Å². The maximum absolute atomic E-state index is 13.9. The molecule has 0 unspecified atom stereocenters. The summed E-state index contributed by atoms with van der Waals surface area (Å²) in [6, 6.07) is 4.92. The van der Waals surface area contributed by atoms with Gasteiger partial charge < -0.3 is 4.90 Å². The molecule has 0 aliphatic carbocycles. The number of rotatable bonds is 4. The Balaban J connectivity index is 2.38. The molecule has 18 heavy (non-hydrogen) atoms. The third kappa shape index (κ3) is 2.58. The summed E-state index contributed by atoms with van der Waals surface area (Å²) in [7, 11) is 1.94. The third-order valence-corrected chi connectivity index (χ3v) is 3.00. The first-order valence-corrected chi connectivity index (χ1v) is 6.20. The van der Waals surface area contributed by atoms with Crippen LogP contribution in [0.5, 0.6) is 0 Å². The summed E-state index contributed by atoms with van der Waals surface area (Å²) in [6.07, 6.45) is 2.54. The van der Waals surface area contributed by atoms with Gasteiger partial charge in [-0.3, -0.25) is 0 Å². The van der Waals surface area contributed by atoms with Crippen LogP contribution in [-0.4, -0.2) is 23.6 Å². The quantitative estimate of drug-likeness (QED) is 0.830. The van der Waals surface area contributed by atoms with Gasteiger partial charge in [0.1, 0.15) is 18.0 Å². The molecule has 3 nitrogen and oxygen atoms in total. The Labute approximate surface area is 107 Å². The SMILES string of the molecule is CC(C)CCN(C)c1ncnc2cccc(F)c12. The third-order valence-electron chi connectivity index (χ3n) is 3.00. The van der Waals surface area contributed by atoms with Gasteiger partial charge in [0.05, 0.1) is 10.9 Å². The van der Waals surface area contributed by atoms with Crippen molar-refractivity contribution >= 4 is 16.7 Å². The van der Waals surface area contributed by atoms with E-state index in [0.717, 1.165) is 13.0 Å². The van der Waals surface area contributed by atoms with E-state index in [9.17, 15) is 4.39 Å². The molecule has 1 heterocycles. The van der Waals surface area contributed by atoms with Gasteiger partial charge in [-0.05, 0) is 24.5 Å². The van der Waals surface area contributed by atoms with Crippen molar-refractivity contribution in [2.75, 3.05) is 18.5 Å². The van der Waals surface area contributed by atoms with Crippen LogP contribution < -0.4 is 4.90 Å². The van der Waals surface area contributed by atoms with Crippen LogP contribution in [0.2, 0.25) is 0 Å². The molecule has 2 aromatic rings. The first kappa shape index (κ1) is 12.7. The highest BCUT2D eigenvalue weighted by atomic mass is 19.1. The van der Waals surface area contributed by atoms with Crippen molar-refractivity contribution < 1.29 is 4.39 Å². The normalized spacial score (nSPS) is 11.2. The van der Waals surface area contributed by atoms with Crippen LogP contribution in [-0.2, 0) is 0 Å². The average molecular weight is 247 g/mol. The first-order chi connectivity index (χ1) is 8.59.